The summed E-state index contributed by atoms with van der Waals surface area (Å²) >= 11 is 17.5. The van der Waals surface area contributed by atoms with Crippen LogP contribution in [-0.2, 0) is 43.8 Å². The minimum absolute atomic E-state index is 0.0928. The molecule has 90 heavy (non-hydrogen) atoms. The molecule has 1 amide bonds. The molecule has 8 aromatic carbocycles. The summed E-state index contributed by atoms with van der Waals surface area (Å²) < 4.78 is 62.1. The van der Waals surface area contributed by atoms with Crippen LogP contribution >= 0.6 is 34.8 Å². The highest BCUT2D eigenvalue weighted by molar-refractivity contribution is 7.86. The Bertz CT molecular complexity index is 3980. The number of ether oxygens (including phenoxy) is 3. The Hall–Kier alpha value is -8.99. The van der Waals surface area contributed by atoms with Crippen molar-refractivity contribution in [3.05, 3.63) is 251 Å². The number of aryl methyl sites for hydroxylation is 7. The van der Waals surface area contributed by atoms with Crippen molar-refractivity contribution in [2.24, 2.45) is 0 Å². The third kappa shape index (κ3) is 26.4. The van der Waals surface area contributed by atoms with Gasteiger partial charge in [-0.1, -0.05) is 102 Å². The quantitative estimate of drug-likeness (QED) is 0.0398. The predicted molar refractivity (Wildman–Crippen MR) is 357 cm³/mol. The van der Waals surface area contributed by atoms with Crippen LogP contribution in [-0.4, -0.2) is 45.1 Å². The van der Waals surface area contributed by atoms with E-state index in [4.69, 9.17) is 74.5 Å². The molecular formula is C70H71Cl3F2N6O8S. The number of piperidine rings is 1. The lowest BCUT2D eigenvalue weighted by molar-refractivity contribution is -0.142. The van der Waals surface area contributed by atoms with E-state index in [9.17, 15) is 31.4 Å². The average Bonchev–Trinajstić information content (AvgIpc) is 3.23. The lowest BCUT2D eigenvalue weighted by Crippen LogP contribution is -2.21. The first kappa shape index (κ1) is 73.5. The van der Waals surface area contributed by atoms with E-state index < -0.39 is 16.0 Å². The number of anilines is 2. The van der Waals surface area contributed by atoms with Crippen LogP contribution < -0.4 is 25.8 Å². The number of amides is 1. The van der Waals surface area contributed by atoms with Gasteiger partial charge in [-0.25, -0.2) is 18.9 Å². The molecule has 8 aromatic rings. The number of aromatic hydroxyl groups is 1. The van der Waals surface area contributed by atoms with Crippen LogP contribution in [0.2, 0.25) is 15.1 Å². The lowest BCUT2D eigenvalue weighted by atomic mass is 10.1. The monoisotopic (exact) mass is 1300 g/mol. The number of nitrogens with two attached hydrogens (primary N) is 1. The molecule has 0 atom stereocenters. The molecule has 14 nitrogen and oxygen atoms in total. The van der Waals surface area contributed by atoms with Gasteiger partial charge in [0, 0.05) is 26.4 Å². The van der Waals surface area contributed by atoms with Gasteiger partial charge in [-0.3, -0.25) is 9.59 Å². The van der Waals surface area contributed by atoms with Gasteiger partial charge in [-0.2, -0.15) is 8.42 Å². The first-order chi connectivity index (χ1) is 42.7. The Kier molecular flexibility index (Phi) is 30.3. The second kappa shape index (κ2) is 37.1. The maximum absolute atomic E-state index is 12.5. The molecule has 0 aliphatic carbocycles. The normalized spacial score (nSPS) is 11.1. The molecule has 0 saturated carbocycles. The van der Waals surface area contributed by atoms with Crippen molar-refractivity contribution in [2.45, 2.75) is 98.8 Å². The number of nitrogen functional groups attached to an aromatic ring is 1. The van der Waals surface area contributed by atoms with Crippen LogP contribution in [0.15, 0.2) is 150 Å². The van der Waals surface area contributed by atoms with Crippen molar-refractivity contribution in [3.63, 3.8) is 0 Å². The molecule has 0 radical (unpaired) electrons. The number of halogens is 5. The molecule has 0 bridgehead atoms. The van der Waals surface area contributed by atoms with Crippen molar-refractivity contribution < 1.29 is 45.6 Å². The topological polar surface area (TPSA) is 179 Å². The fraction of sp³-hybridized carbons (Fsp3) is 0.243. The summed E-state index contributed by atoms with van der Waals surface area (Å²) in [6.45, 7) is 38.8. The summed E-state index contributed by atoms with van der Waals surface area (Å²) in [7, 11) is -4.60. The number of hydrogen-bond acceptors (Lipinski definition) is 10. The summed E-state index contributed by atoms with van der Waals surface area (Å²) in [6.07, 6.45) is 5.61. The SMILES string of the molecule is C1CCNCC1.CCOC(=O)Cc1ccc(C)c(O)c1.Cc1cc(S(=O)(=O)F)ccc1N.[C-]#[N+]c1cc(Cl)cc(Oc2cc(CC(=O)Nc3ccc(C)cc3C)ccc2C)c1.[C-]#[N+]c1cc(Cl)cc(Oc2cc(CC)ccc2C)c1.[C-]#[N+]c1cc(F)cc(Cl)c1. The molecule has 9 rings (SSSR count). The van der Waals surface area contributed by atoms with Gasteiger partial charge in [-0.15, -0.1) is 3.89 Å². The van der Waals surface area contributed by atoms with Crippen LogP contribution in [0.25, 0.3) is 14.5 Å². The molecule has 1 aliphatic rings. The van der Waals surface area contributed by atoms with Crippen molar-refractivity contribution >= 4 is 85.3 Å². The Balaban J connectivity index is 0.000000246. The molecular weight excluding hydrogens is 1230 g/mol. The van der Waals surface area contributed by atoms with Crippen molar-refractivity contribution in [3.8, 4) is 28.7 Å². The van der Waals surface area contributed by atoms with Crippen molar-refractivity contribution in [2.75, 3.05) is 30.7 Å². The van der Waals surface area contributed by atoms with Crippen LogP contribution in [0.5, 0.6) is 28.7 Å². The Morgan fingerprint density at radius 2 is 1.11 bits per heavy atom. The molecule has 0 spiro atoms. The van der Waals surface area contributed by atoms with Crippen LogP contribution in [0, 0.1) is 67.1 Å². The van der Waals surface area contributed by atoms with E-state index in [1.54, 1.807) is 62.4 Å². The molecule has 0 unspecified atom stereocenters. The number of carbonyl (C=O) groups excluding carboxylic acids is 2. The zero-order valence-corrected chi connectivity index (χ0v) is 54.3. The number of phenols is 1. The van der Waals surface area contributed by atoms with Gasteiger partial charge in [0.05, 0.1) is 44.1 Å². The number of benzene rings is 8. The average molecular weight is 1300 g/mol. The first-order valence-corrected chi connectivity index (χ1v) is 30.8. The minimum atomic E-state index is -4.60. The maximum atomic E-state index is 12.5. The second-order valence-electron chi connectivity index (χ2n) is 20.4. The summed E-state index contributed by atoms with van der Waals surface area (Å²) in [5.41, 5.74) is 16.1. The Labute approximate surface area is 542 Å². The van der Waals surface area contributed by atoms with Crippen LogP contribution in [0.1, 0.15) is 83.2 Å². The fourth-order valence-corrected chi connectivity index (χ4v) is 9.32. The van der Waals surface area contributed by atoms with E-state index in [1.807, 2.05) is 89.2 Å². The van der Waals surface area contributed by atoms with Gasteiger partial charge in [0.2, 0.25) is 5.91 Å². The summed E-state index contributed by atoms with van der Waals surface area (Å²) in [4.78, 5) is 33.0. The summed E-state index contributed by atoms with van der Waals surface area (Å²) in [5.74, 6) is 1.89. The minimum Gasteiger partial charge on any atom is -0.508 e. The van der Waals surface area contributed by atoms with Gasteiger partial charge in [0.1, 0.15) is 34.6 Å². The Morgan fingerprint density at radius 3 is 1.57 bits per heavy atom. The van der Waals surface area contributed by atoms with E-state index in [-0.39, 0.29) is 46.1 Å². The third-order valence-electron chi connectivity index (χ3n) is 13.0. The zero-order chi connectivity index (χ0) is 66.5. The van der Waals surface area contributed by atoms with E-state index in [1.165, 1.54) is 56.1 Å². The largest absolute Gasteiger partial charge is 0.508 e. The van der Waals surface area contributed by atoms with Crippen LogP contribution in [0.3, 0.4) is 0 Å². The lowest BCUT2D eigenvalue weighted by Gasteiger charge is -2.12. The molecule has 20 heteroatoms. The maximum Gasteiger partial charge on any atom is 0.332 e. The van der Waals surface area contributed by atoms with E-state index in [0.717, 1.165) is 75.0 Å². The highest BCUT2D eigenvalue weighted by Crippen LogP contribution is 2.34. The molecule has 1 fully saturated rings. The molecule has 470 valence electrons. The van der Waals surface area contributed by atoms with Crippen LogP contribution in [0.4, 0.5) is 36.7 Å². The fourth-order valence-electron chi connectivity index (χ4n) is 8.12. The van der Waals surface area contributed by atoms with Crippen molar-refractivity contribution in [1.82, 2.24) is 5.32 Å². The number of hydrogen-bond donors (Lipinski definition) is 4. The smallest absolute Gasteiger partial charge is 0.332 e. The molecule has 5 N–H and O–H groups in total. The number of nitrogens with zero attached hydrogens (tertiary/aromatic N) is 3. The van der Waals surface area contributed by atoms with Gasteiger partial charge >= 0.3 is 16.2 Å². The Morgan fingerprint density at radius 1 is 0.600 bits per heavy atom. The van der Waals surface area contributed by atoms with Gasteiger partial charge in [-0.05, 0) is 222 Å². The summed E-state index contributed by atoms with van der Waals surface area (Å²) in [6, 6.07) is 40.2. The number of nitrogens with one attached hydrogen (secondary N) is 2. The highest BCUT2D eigenvalue weighted by atomic mass is 35.5. The van der Waals surface area contributed by atoms with Gasteiger partial charge in [0.15, 0.2) is 17.1 Å². The van der Waals surface area contributed by atoms with E-state index in [2.05, 4.69) is 38.2 Å². The predicted octanol–water partition coefficient (Wildman–Crippen LogP) is 19.2. The molecule has 1 saturated heterocycles. The number of phenolic OH excluding ortho intramolecular Hbond substituents is 1. The number of rotatable bonds is 12. The highest BCUT2D eigenvalue weighted by Gasteiger charge is 2.14. The molecule has 1 aliphatic heterocycles. The second-order valence-corrected chi connectivity index (χ2v) is 23.1. The number of carbonyl (C=O) groups is 2. The third-order valence-corrected chi connectivity index (χ3v) is 14.5. The molecule has 0 aromatic heterocycles. The summed E-state index contributed by atoms with van der Waals surface area (Å²) in [5, 5.41) is 16.8. The van der Waals surface area contributed by atoms with Gasteiger partial charge < -0.3 is 35.7 Å². The van der Waals surface area contributed by atoms with E-state index in [0.29, 0.717) is 56.5 Å². The van der Waals surface area contributed by atoms with E-state index >= 15 is 0 Å². The standard InChI is InChI=1S/C24H21ClN2O2.C16H14ClNO.C11H14O3.C7H3ClFN.C7H8FNO2S.C5H11N/c1-15-5-8-22(17(3)9-15)27-24(28)11-18-7-6-16(2)23(10-18)29-21-13-19(25)12-20(14-21)26-4;1-4-12-6-5-11(2)16(7-12)19-15-9-13(17)8-14(10-15)18-3;1-3-14-11(13)7-9-5-4-8(2)10(12)6-9;1-10-7-3-5(8)2-6(9)4-7;1-5-4-6(12(8,10)11)2-3-7(5)9;1-2-4-6-5-3-1/h5-10,12-14H,11H2,1-3H3,(H,27,28);5-10H,4H2,1-2H3;4-6,12H,3,7H2,1-2H3;2-4H;2-4H,9H2,1H3;6H,1-5H2. The zero-order valence-electron chi connectivity index (χ0n) is 51.2. The van der Waals surface area contributed by atoms with Gasteiger partial charge in [0.25, 0.3) is 0 Å². The molecule has 1 heterocycles. The van der Waals surface area contributed by atoms with Crippen molar-refractivity contribution in [1.29, 1.82) is 0 Å². The first-order valence-electron chi connectivity index (χ1n) is 28.3. The number of esters is 1.